The molecule has 2 N–H and O–H groups in total. The number of carbonyl (C=O) groups excluding carboxylic acids is 1. The number of methoxy groups -OCH3 is 2. The second kappa shape index (κ2) is 9.97. The summed E-state index contributed by atoms with van der Waals surface area (Å²) >= 11 is 6.16. The molecule has 3 rings (SSSR count). The maximum atomic E-state index is 13.2. The summed E-state index contributed by atoms with van der Waals surface area (Å²) < 4.78 is 39.3. The average molecular weight is 482 g/mol. The van der Waals surface area contributed by atoms with E-state index < -0.39 is 10.0 Å². The number of benzene rings is 2. The molecule has 0 atom stereocenters. The summed E-state index contributed by atoms with van der Waals surface area (Å²) in [6.07, 6.45) is 1.72. The molecule has 2 aromatic rings. The van der Waals surface area contributed by atoms with Crippen molar-refractivity contribution in [2.45, 2.75) is 30.7 Å². The highest BCUT2D eigenvalue weighted by Gasteiger charge is 2.24. The number of hydrogen-bond donors (Lipinski definition) is 2. The molecule has 1 amide bonds. The molecule has 0 aliphatic carbocycles. The summed E-state index contributed by atoms with van der Waals surface area (Å²) in [7, 11) is 0.894. The van der Waals surface area contributed by atoms with E-state index in [0.717, 1.165) is 25.9 Å². The van der Waals surface area contributed by atoms with E-state index in [2.05, 4.69) is 14.9 Å². The molecule has 1 saturated heterocycles. The number of hydrogen-bond acceptors (Lipinski definition) is 6. The molecule has 32 heavy (non-hydrogen) atoms. The van der Waals surface area contributed by atoms with Crippen LogP contribution in [0.1, 0.15) is 28.8 Å². The summed E-state index contributed by atoms with van der Waals surface area (Å²) in [5.41, 5.74) is 0.959. The fourth-order valence-corrected chi connectivity index (χ4v) is 5.17. The van der Waals surface area contributed by atoms with Crippen molar-refractivity contribution in [3.8, 4) is 11.5 Å². The zero-order chi connectivity index (χ0) is 23.5. The van der Waals surface area contributed by atoms with Crippen LogP contribution in [-0.4, -0.2) is 59.6 Å². The Labute approximate surface area is 193 Å². The Bertz CT molecular complexity index is 1100. The lowest BCUT2D eigenvalue weighted by molar-refractivity contribution is 0.0916. The first-order chi connectivity index (χ1) is 15.1. The second-order valence-electron chi connectivity index (χ2n) is 7.82. The van der Waals surface area contributed by atoms with Gasteiger partial charge in [0.2, 0.25) is 0 Å². The summed E-state index contributed by atoms with van der Waals surface area (Å²) in [6, 6.07) is 7.63. The number of likely N-dealkylation sites (tertiary alicyclic amines) is 1. The maximum Gasteiger partial charge on any atom is 0.262 e. The number of rotatable bonds is 7. The van der Waals surface area contributed by atoms with Crippen LogP contribution >= 0.6 is 11.6 Å². The Balaban J connectivity index is 1.85. The fraction of sp³-hybridized carbons (Fsp3) is 0.409. The van der Waals surface area contributed by atoms with Gasteiger partial charge in [0.05, 0.1) is 29.8 Å². The number of carbonyl (C=O) groups is 1. The maximum absolute atomic E-state index is 13.2. The van der Waals surface area contributed by atoms with E-state index in [1.54, 1.807) is 19.1 Å². The van der Waals surface area contributed by atoms with Crippen molar-refractivity contribution in [2.75, 3.05) is 39.1 Å². The Morgan fingerprint density at radius 3 is 2.38 bits per heavy atom. The number of sulfonamides is 1. The highest BCUT2D eigenvalue weighted by molar-refractivity contribution is 7.92. The third-order valence-electron chi connectivity index (χ3n) is 5.51. The lowest BCUT2D eigenvalue weighted by Gasteiger charge is -2.29. The second-order valence-corrected chi connectivity index (χ2v) is 9.88. The topological polar surface area (TPSA) is 97.0 Å². The van der Waals surface area contributed by atoms with Gasteiger partial charge in [0.1, 0.15) is 11.5 Å². The Morgan fingerprint density at radius 1 is 1.09 bits per heavy atom. The van der Waals surface area contributed by atoms with Crippen molar-refractivity contribution in [1.82, 2.24) is 10.2 Å². The van der Waals surface area contributed by atoms with Crippen LogP contribution < -0.4 is 19.5 Å². The molecule has 0 aromatic heterocycles. The first kappa shape index (κ1) is 24.2. The minimum Gasteiger partial charge on any atom is -0.495 e. The molecule has 174 valence electrons. The van der Waals surface area contributed by atoms with Gasteiger partial charge >= 0.3 is 0 Å². The zero-order valence-electron chi connectivity index (χ0n) is 18.6. The first-order valence-corrected chi connectivity index (χ1v) is 12.0. The number of nitrogens with zero attached hydrogens (tertiary/aromatic N) is 1. The van der Waals surface area contributed by atoms with E-state index in [-0.39, 0.29) is 38.9 Å². The predicted molar refractivity (Wildman–Crippen MR) is 125 cm³/mol. The van der Waals surface area contributed by atoms with Crippen molar-refractivity contribution < 1.29 is 22.7 Å². The monoisotopic (exact) mass is 481 g/mol. The zero-order valence-corrected chi connectivity index (χ0v) is 20.1. The Kier molecular flexibility index (Phi) is 7.53. The van der Waals surface area contributed by atoms with E-state index in [9.17, 15) is 13.2 Å². The number of halogens is 1. The molecule has 0 spiro atoms. The largest absolute Gasteiger partial charge is 0.495 e. The number of nitrogens with one attached hydrogen (secondary N) is 2. The standard InChI is InChI=1S/C22H28ClN3O5S/c1-14-5-6-15(22(27)24-16-7-9-26(2)10-8-16)11-21(14)32(28,29)25-18-12-17(23)19(30-3)13-20(18)31-4/h5-6,11-13,16,25H,7-10H2,1-4H3,(H,24,27). The highest BCUT2D eigenvalue weighted by Crippen LogP contribution is 2.37. The van der Waals surface area contributed by atoms with Gasteiger partial charge in [-0.15, -0.1) is 0 Å². The minimum atomic E-state index is -4.03. The Morgan fingerprint density at radius 2 is 1.75 bits per heavy atom. The molecule has 8 nitrogen and oxygen atoms in total. The molecule has 0 unspecified atom stereocenters. The van der Waals surface area contributed by atoms with Gasteiger partial charge in [-0.3, -0.25) is 9.52 Å². The molecule has 1 aliphatic rings. The molecular weight excluding hydrogens is 454 g/mol. The molecule has 0 saturated carbocycles. The lowest BCUT2D eigenvalue weighted by Crippen LogP contribution is -2.43. The van der Waals surface area contributed by atoms with Gasteiger partial charge in [-0.1, -0.05) is 17.7 Å². The van der Waals surface area contributed by atoms with Gasteiger partial charge < -0.3 is 19.7 Å². The highest BCUT2D eigenvalue weighted by atomic mass is 35.5. The molecule has 2 aromatic carbocycles. The minimum absolute atomic E-state index is 0.00233. The molecule has 1 aliphatic heterocycles. The summed E-state index contributed by atoms with van der Waals surface area (Å²) in [4.78, 5) is 15.0. The van der Waals surface area contributed by atoms with Crippen molar-refractivity contribution in [1.29, 1.82) is 0 Å². The van der Waals surface area contributed by atoms with E-state index in [1.165, 1.54) is 32.4 Å². The van der Waals surface area contributed by atoms with Gasteiger partial charge in [-0.25, -0.2) is 8.42 Å². The Hall–Kier alpha value is -2.49. The van der Waals surface area contributed by atoms with Crippen molar-refractivity contribution in [2.24, 2.45) is 0 Å². The molecule has 1 fully saturated rings. The van der Waals surface area contributed by atoms with Crippen LogP contribution in [-0.2, 0) is 10.0 Å². The quantitative estimate of drug-likeness (QED) is 0.630. The number of ether oxygens (including phenoxy) is 2. The van der Waals surface area contributed by atoms with Crippen LogP contribution in [0.25, 0.3) is 0 Å². The van der Waals surface area contributed by atoms with E-state index >= 15 is 0 Å². The fourth-order valence-electron chi connectivity index (χ4n) is 3.59. The predicted octanol–water partition coefficient (Wildman–Crippen LogP) is 3.29. The van der Waals surface area contributed by atoms with Crippen LogP contribution in [0, 0.1) is 6.92 Å². The average Bonchev–Trinajstić information content (AvgIpc) is 2.75. The number of amides is 1. The molecule has 10 heteroatoms. The molecule has 1 heterocycles. The van der Waals surface area contributed by atoms with Crippen molar-refractivity contribution in [3.63, 3.8) is 0 Å². The van der Waals surface area contributed by atoms with Crippen LogP contribution in [0.4, 0.5) is 5.69 Å². The van der Waals surface area contributed by atoms with Crippen molar-refractivity contribution in [3.05, 3.63) is 46.5 Å². The third-order valence-corrected chi connectivity index (χ3v) is 7.31. The van der Waals surface area contributed by atoms with Gasteiger partial charge in [-0.05, 0) is 63.7 Å². The summed E-state index contributed by atoms with van der Waals surface area (Å²) in [5, 5.41) is 3.24. The molecule has 0 radical (unpaired) electrons. The molecular formula is C22H28ClN3O5S. The van der Waals surface area contributed by atoms with Crippen LogP contribution in [0.2, 0.25) is 5.02 Å². The van der Waals surface area contributed by atoms with E-state index in [4.69, 9.17) is 21.1 Å². The van der Waals surface area contributed by atoms with Gasteiger partial charge in [-0.2, -0.15) is 0 Å². The van der Waals surface area contributed by atoms with Crippen molar-refractivity contribution >= 4 is 33.2 Å². The SMILES string of the molecule is COc1cc(OC)c(NS(=O)(=O)c2cc(C(=O)NC3CCN(C)CC3)ccc2C)cc1Cl. The third kappa shape index (κ3) is 5.46. The number of anilines is 1. The number of aryl methyl sites for hydroxylation is 1. The number of piperidine rings is 1. The molecule has 0 bridgehead atoms. The first-order valence-electron chi connectivity index (χ1n) is 10.2. The van der Waals surface area contributed by atoms with E-state index in [0.29, 0.717) is 11.3 Å². The summed E-state index contributed by atoms with van der Waals surface area (Å²) in [5.74, 6) is 0.319. The smallest absolute Gasteiger partial charge is 0.262 e. The normalized spacial score (nSPS) is 15.3. The van der Waals surface area contributed by atoms with Crippen LogP contribution in [0.15, 0.2) is 35.2 Å². The summed E-state index contributed by atoms with van der Waals surface area (Å²) in [6.45, 7) is 3.49. The lowest BCUT2D eigenvalue weighted by atomic mass is 10.0. The van der Waals surface area contributed by atoms with E-state index in [1.807, 2.05) is 7.05 Å². The van der Waals surface area contributed by atoms with Gasteiger partial charge in [0, 0.05) is 17.7 Å². The van der Waals surface area contributed by atoms with Gasteiger partial charge in [0.25, 0.3) is 15.9 Å². The van der Waals surface area contributed by atoms with Gasteiger partial charge in [0.15, 0.2) is 0 Å². The van der Waals surface area contributed by atoms with Crippen LogP contribution in [0.3, 0.4) is 0 Å². The van der Waals surface area contributed by atoms with Crippen LogP contribution in [0.5, 0.6) is 11.5 Å².